The van der Waals surface area contributed by atoms with Gasteiger partial charge in [0.25, 0.3) is 5.91 Å². The Kier molecular flexibility index (Phi) is 5.85. The normalized spacial score (nSPS) is 10.6. The number of nitrogens with zero attached hydrogens (tertiary/aromatic N) is 1. The summed E-state index contributed by atoms with van der Waals surface area (Å²) in [6.45, 7) is 0. The summed E-state index contributed by atoms with van der Waals surface area (Å²) in [6, 6.07) is 15.9. The molecule has 4 aromatic rings. The molecule has 32 heavy (non-hydrogen) atoms. The number of aromatic nitrogens is 1. The molecule has 1 N–H and O–H groups in total. The number of hydrogen-bond donors (Lipinski definition) is 1. The quantitative estimate of drug-likeness (QED) is 0.447. The summed E-state index contributed by atoms with van der Waals surface area (Å²) in [4.78, 5) is 17.4. The van der Waals surface area contributed by atoms with Crippen molar-refractivity contribution in [3.05, 3.63) is 60.2 Å². The molecular formula is C24H22N2O6. The van der Waals surface area contributed by atoms with Gasteiger partial charge in [0.05, 0.1) is 28.4 Å². The topological polar surface area (TPSA) is 92.1 Å². The second kappa shape index (κ2) is 8.89. The van der Waals surface area contributed by atoms with E-state index in [1.54, 1.807) is 37.4 Å². The van der Waals surface area contributed by atoms with E-state index in [-0.39, 0.29) is 5.91 Å². The number of benzene rings is 3. The molecule has 164 valence electrons. The Balaban J connectivity index is 1.61. The van der Waals surface area contributed by atoms with Crippen LogP contribution in [0.3, 0.4) is 0 Å². The molecule has 8 nitrogen and oxygen atoms in total. The van der Waals surface area contributed by atoms with Crippen LogP contribution >= 0.6 is 0 Å². The van der Waals surface area contributed by atoms with Gasteiger partial charge in [-0.1, -0.05) is 6.07 Å². The molecule has 0 atom stereocenters. The van der Waals surface area contributed by atoms with Crippen molar-refractivity contribution >= 4 is 22.7 Å². The Hall–Kier alpha value is -4.20. The van der Waals surface area contributed by atoms with Crippen LogP contribution in [0.15, 0.2) is 59.0 Å². The molecule has 4 rings (SSSR count). The first-order valence-electron chi connectivity index (χ1n) is 9.72. The zero-order valence-corrected chi connectivity index (χ0v) is 18.1. The second-order valence-corrected chi connectivity index (χ2v) is 6.80. The van der Waals surface area contributed by atoms with E-state index in [1.807, 2.05) is 24.3 Å². The molecule has 0 saturated heterocycles. The van der Waals surface area contributed by atoms with E-state index < -0.39 is 0 Å². The van der Waals surface area contributed by atoms with Crippen molar-refractivity contribution in [1.82, 2.24) is 4.98 Å². The van der Waals surface area contributed by atoms with Crippen molar-refractivity contribution in [3.63, 3.8) is 0 Å². The van der Waals surface area contributed by atoms with E-state index in [9.17, 15) is 4.79 Å². The van der Waals surface area contributed by atoms with Crippen molar-refractivity contribution < 1.29 is 28.2 Å². The van der Waals surface area contributed by atoms with Gasteiger partial charge in [0.15, 0.2) is 17.1 Å². The third kappa shape index (κ3) is 4.02. The predicted octanol–water partition coefficient (Wildman–Crippen LogP) is 4.78. The molecule has 0 aliphatic heterocycles. The van der Waals surface area contributed by atoms with Gasteiger partial charge >= 0.3 is 0 Å². The van der Waals surface area contributed by atoms with Crippen LogP contribution in [0.1, 0.15) is 10.4 Å². The lowest BCUT2D eigenvalue weighted by molar-refractivity contribution is 0.102. The zero-order chi connectivity index (χ0) is 22.7. The Morgan fingerprint density at radius 1 is 0.875 bits per heavy atom. The number of oxazole rings is 1. The number of fused-ring (bicyclic) bond motifs is 1. The van der Waals surface area contributed by atoms with Crippen LogP contribution < -0.4 is 24.3 Å². The minimum atomic E-state index is -0.337. The third-order valence-corrected chi connectivity index (χ3v) is 4.89. The lowest BCUT2D eigenvalue weighted by Crippen LogP contribution is -2.12. The highest BCUT2D eigenvalue weighted by atomic mass is 16.5. The molecule has 0 aliphatic carbocycles. The molecule has 1 heterocycles. The Labute approximate surface area is 184 Å². The summed E-state index contributed by atoms with van der Waals surface area (Å²) in [5, 5.41) is 2.86. The predicted molar refractivity (Wildman–Crippen MR) is 120 cm³/mol. The SMILES string of the molecule is COc1cccc(-c2nc3ccc(NC(=O)c4cc(OC)c(OC)c(OC)c4)cc3o2)c1. The van der Waals surface area contributed by atoms with Crippen LogP contribution in [0.5, 0.6) is 23.0 Å². The molecule has 0 aliphatic rings. The van der Waals surface area contributed by atoms with Crippen molar-refractivity contribution in [3.8, 4) is 34.5 Å². The van der Waals surface area contributed by atoms with E-state index in [1.165, 1.54) is 21.3 Å². The molecule has 0 bridgehead atoms. The van der Waals surface area contributed by atoms with Crippen LogP contribution in [0.2, 0.25) is 0 Å². The summed E-state index contributed by atoms with van der Waals surface area (Å²) >= 11 is 0. The smallest absolute Gasteiger partial charge is 0.255 e. The van der Waals surface area contributed by atoms with Gasteiger partial charge in [0, 0.05) is 22.9 Å². The van der Waals surface area contributed by atoms with Gasteiger partial charge in [-0.2, -0.15) is 0 Å². The number of nitrogens with one attached hydrogen (secondary N) is 1. The van der Waals surface area contributed by atoms with Crippen LogP contribution in [-0.4, -0.2) is 39.3 Å². The van der Waals surface area contributed by atoms with E-state index in [0.717, 1.165) is 5.56 Å². The van der Waals surface area contributed by atoms with Crippen molar-refractivity contribution in [2.45, 2.75) is 0 Å². The summed E-state index contributed by atoms with van der Waals surface area (Å²) in [7, 11) is 6.11. The van der Waals surface area contributed by atoms with Gasteiger partial charge in [-0.3, -0.25) is 4.79 Å². The number of amides is 1. The van der Waals surface area contributed by atoms with Gasteiger partial charge in [0.2, 0.25) is 11.6 Å². The highest BCUT2D eigenvalue weighted by Crippen LogP contribution is 2.38. The fourth-order valence-corrected chi connectivity index (χ4v) is 3.30. The lowest BCUT2D eigenvalue weighted by atomic mass is 10.1. The summed E-state index contributed by atoms with van der Waals surface area (Å²) < 4.78 is 27.1. The Bertz CT molecular complexity index is 1260. The van der Waals surface area contributed by atoms with Gasteiger partial charge in [-0.25, -0.2) is 4.98 Å². The first-order chi connectivity index (χ1) is 15.6. The lowest BCUT2D eigenvalue weighted by Gasteiger charge is -2.14. The van der Waals surface area contributed by atoms with E-state index in [2.05, 4.69) is 10.3 Å². The summed E-state index contributed by atoms with van der Waals surface area (Å²) in [6.07, 6.45) is 0. The maximum atomic E-state index is 12.9. The van der Waals surface area contributed by atoms with Gasteiger partial charge < -0.3 is 28.7 Å². The fourth-order valence-electron chi connectivity index (χ4n) is 3.30. The Morgan fingerprint density at radius 3 is 2.28 bits per heavy atom. The van der Waals surface area contributed by atoms with E-state index >= 15 is 0 Å². The summed E-state index contributed by atoms with van der Waals surface area (Å²) in [5.41, 5.74) is 2.93. The number of anilines is 1. The number of rotatable bonds is 7. The minimum Gasteiger partial charge on any atom is -0.497 e. The monoisotopic (exact) mass is 434 g/mol. The van der Waals surface area contributed by atoms with Gasteiger partial charge in [-0.05, 0) is 42.5 Å². The van der Waals surface area contributed by atoms with Crippen molar-refractivity contribution in [1.29, 1.82) is 0 Å². The molecule has 0 saturated carbocycles. The maximum Gasteiger partial charge on any atom is 0.255 e. The van der Waals surface area contributed by atoms with Gasteiger partial charge in [-0.15, -0.1) is 0 Å². The summed E-state index contributed by atoms with van der Waals surface area (Å²) in [5.74, 6) is 2.04. The number of hydrogen-bond acceptors (Lipinski definition) is 7. The third-order valence-electron chi connectivity index (χ3n) is 4.89. The van der Waals surface area contributed by atoms with Crippen LogP contribution in [0.25, 0.3) is 22.6 Å². The Morgan fingerprint density at radius 2 is 1.62 bits per heavy atom. The van der Waals surface area contributed by atoms with Crippen LogP contribution in [0, 0.1) is 0 Å². The molecule has 1 aromatic heterocycles. The van der Waals surface area contributed by atoms with Crippen LogP contribution in [0.4, 0.5) is 5.69 Å². The molecule has 1 amide bonds. The van der Waals surface area contributed by atoms with Crippen molar-refractivity contribution in [2.75, 3.05) is 33.8 Å². The molecule has 0 unspecified atom stereocenters. The average molecular weight is 434 g/mol. The number of methoxy groups -OCH3 is 4. The fraction of sp³-hybridized carbons (Fsp3) is 0.167. The molecule has 8 heteroatoms. The number of ether oxygens (including phenoxy) is 4. The zero-order valence-electron chi connectivity index (χ0n) is 18.1. The molecule has 0 fully saturated rings. The first-order valence-corrected chi connectivity index (χ1v) is 9.72. The number of carbonyl (C=O) groups excluding carboxylic acids is 1. The van der Waals surface area contributed by atoms with E-state index in [0.29, 0.717) is 51.2 Å². The minimum absolute atomic E-state index is 0.337. The standard InChI is InChI=1S/C24H22N2O6/c1-28-17-7-5-6-14(10-17)24-26-18-9-8-16(13-19(18)32-24)25-23(27)15-11-20(29-2)22(31-4)21(12-15)30-3/h5-13H,1-4H3,(H,25,27). The average Bonchev–Trinajstić information content (AvgIpc) is 3.26. The highest BCUT2D eigenvalue weighted by Gasteiger charge is 2.18. The van der Waals surface area contributed by atoms with Crippen molar-refractivity contribution in [2.24, 2.45) is 0 Å². The number of carbonyl (C=O) groups is 1. The largest absolute Gasteiger partial charge is 0.497 e. The highest BCUT2D eigenvalue weighted by molar-refractivity contribution is 6.05. The van der Waals surface area contributed by atoms with Crippen LogP contribution in [-0.2, 0) is 0 Å². The molecule has 0 spiro atoms. The second-order valence-electron chi connectivity index (χ2n) is 6.80. The molecule has 0 radical (unpaired) electrons. The maximum absolute atomic E-state index is 12.9. The van der Waals surface area contributed by atoms with Gasteiger partial charge in [0.1, 0.15) is 11.3 Å². The molecular weight excluding hydrogens is 412 g/mol. The molecule has 3 aromatic carbocycles. The van der Waals surface area contributed by atoms with E-state index in [4.69, 9.17) is 23.4 Å². The first kappa shape index (κ1) is 21.0.